The highest BCUT2D eigenvalue weighted by molar-refractivity contribution is 9.10. The maximum Gasteiger partial charge on any atom is 0.199 e. The lowest BCUT2D eigenvalue weighted by molar-refractivity contribution is 0.591. The molecule has 0 bridgehead atoms. The van der Waals surface area contributed by atoms with Gasteiger partial charge in [0.25, 0.3) is 0 Å². The molecule has 0 aliphatic heterocycles. The zero-order valence-electron chi connectivity index (χ0n) is 8.88. The molecule has 0 saturated heterocycles. The molecule has 1 aromatic heterocycles. The minimum Gasteiger partial charge on any atom is -0.245 e. The molecule has 0 saturated carbocycles. The van der Waals surface area contributed by atoms with Crippen molar-refractivity contribution < 1.29 is 8.42 Å². The zero-order valence-corrected chi connectivity index (χ0v) is 11.3. The van der Waals surface area contributed by atoms with E-state index in [1.54, 1.807) is 24.3 Å². The van der Waals surface area contributed by atoms with Crippen LogP contribution in [0, 0.1) is 0 Å². The van der Waals surface area contributed by atoms with Crippen molar-refractivity contribution in [2.45, 2.75) is 10.8 Å². The lowest BCUT2D eigenvalue weighted by atomic mass is 10.2. The fourth-order valence-corrected chi connectivity index (χ4v) is 2.96. The standard InChI is InChI=1S/C12H10BrNO2S/c13-11-6-4-10(5-7-11)9-17(15,16)12-3-1-2-8-14-12/h1-8H,9H2. The van der Waals surface area contributed by atoms with Crippen LogP contribution >= 0.6 is 15.9 Å². The second-order valence-electron chi connectivity index (χ2n) is 3.55. The van der Waals surface area contributed by atoms with Crippen LogP contribution in [0.15, 0.2) is 58.2 Å². The summed E-state index contributed by atoms with van der Waals surface area (Å²) >= 11 is 3.31. The van der Waals surface area contributed by atoms with Crippen LogP contribution in [0.5, 0.6) is 0 Å². The molecule has 5 heteroatoms. The first kappa shape index (κ1) is 12.3. The second-order valence-corrected chi connectivity index (χ2v) is 6.41. The Labute approximate surface area is 109 Å². The molecule has 0 fully saturated rings. The van der Waals surface area contributed by atoms with Crippen molar-refractivity contribution in [3.8, 4) is 0 Å². The number of nitrogens with zero attached hydrogens (tertiary/aromatic N) is 1. The van der Waals surface area contributed by atoms with E-state index in [9.17, 15) is 8.42 Å². The van der Waals surface area contributed by atoms with Crippen molar-refractivity contribution in [1.29, 1.82) is 0 Å². The highest BCUT2D eigenvalue weighted by atomic mass is 79.9. The first-order valence-electron chi connectivity index (χ1n) is 4.96. The Morgan fingerprint density at radius 1 is 1.06 bits per heavy atom. The molecular formula is C12H10BrNO2S. The number of halogens is 1. The van der Waals surface area contributed by atoms with Gasteiger partial charge in [-0.3, -0.25) is 0 Å². The third-order valence-electron chi connectivity index (χ3n) is 2.23. The number of hydrogen-bond donors (Lipinski definition) is 0. The van der Waals surface area contributed by atoms with Gasteiger partial charge in [-0.15, -0.1) is 0 Å². The van der Waals surface area contributed by atoms with Crippen LogP contribution in [0.25, 0.3) is 0 Å². The maximum atomic E-state index is 12.0. The predicted molar refractivity (Wildman–Crippen MR) is 69.3 cm³/mol. The van der Waals surface area contributed by atoms with Gasteiger partial charge in [-0.25, -0.2) is 13.4 Å². The Bertz CT molecular complexity index is 594. The van der Waals surface area contributed by atoms with E-state index < -0.39 is 9.84 Å². The van der Waals surface area contributed by atoms with Gasteiger partial charge in [0, 0.05) is 10.7 Å². The van der Waals surface area contributed by atoms with Gasteiger partial charge in [-0.1, -0.05) is 34.1 Å². The van der Waals surface area contributed by atoms with E-state index >= 15 is 0 Å². The highest BCUT2D eigenvalue weighted by Crippen LogP contribution is 2.16. The van der Waals surface area contributed by atoms with Crippen molar-refractivity contribution in [1.82, 2.24) is 4.98 Å². The average molecular weight is 312 g/mol. The molecule has 0 aliphatic carbocycles. The first-order valence-corrected chi connectivity index (χ1v) is 7.41. The molecular weight excluding hydrogens is 302 g/mol. The highest BCUT2D eigenvalue weighted by Gasteiger charge is 2.15. The monoisotopic (exact) mass is 311 g/mol. The number of hydrogen-bond acceptors (Lipinski definition) is 3. The molecule has 17 heavy (non-hydrogen) atoms. The largest absolute Gasteiger partial charge is 0.245 e. The number of benzene rings is 1. The topological polar surface area (TPSA) is 47.0 Å². The van der Waals surface area contributed by atoms with Crippen molar-refractivity contribution >= 4 is 25.8 Å². The van der Waals surface area contributed by atoms with Crippen molar-refractivity contribution in [2.75, 3.05) is 0 Å². The van der Waals surface area contributed by atoms with E-state index in [1.165, 1.54) is 12.3 Å². The summed E-state index contributed by atoms with van der Waals surface area (Å²) in [6.07, 6.45) is 1.48. The molecule has 0 radical (unpaired) electrons. The van der Waals surface area contributed by atoms with Crippen LogP contribution < -0.4 is 0 Å². The quantitative estimate of drug-likeness (QED) is 0.875. The predicted octanol–water partition coefficient (Wildman–Crippen LogP) is 2.82. The van der Waals surface area contributed by atoms with Gasteiger partial charge >= 0.3 is 0 Å². The molecule has 0 unspecified atom stereocenters. The van der Waals surface area contributed by atoms with Gasteiger partial charge in [0.2, 0.25) is 0 Å². The van der Waals surface area contributed by atoms with Gasteiger partial charge in [0.05, 0.1) is 5.75 Å². The molecule has 88 valence electrons. The van der Waals surface area contributed by atoms with Crippen LogP contribution in [0.2, 0.25) is 0 Å². The Hall–Kier alpha value is -1.20. The summed E-state index contributed by atoms with van der Waals surface area (Å²) in [4.78, 5) is 3.87. The maximum absolute atomic E-state index is 12.0. The molecule has 0 atom stereocenters. The molecule has 3 nitrogen and oxygen atoms in total. The van der Waals surface area contributed by atoms with Crippen LogP contribution in [-0.4, -0.2) is 13.4 Å². The molecule has 0 aliphatic rings. The molecule has 2 rings (SSSR count). The summed E-state index contributed by atoms with van der Waals surface area (Å²) in [5.41, 5.74) is 0.749. The van der Waals surface area contributed by atoms with Gasteiger partial charge in [-0.2, -0.15) is 0 Å². The summed E-state index contributed by atoms with van der Waals surface area (Å²) in [7, 11) is -3.35. The Morgan fingerprint density at radius 3 is 2.35 bits per heavy atom. The van der Waals surface area contributed by atoms with Gasteiger partial charge in [0.15, 0.2) is 14.9 Å². The lowest BCUT2D eigenvalue weighted by Crippen LogP contribution is -2.06. The van der Waals surface area contributed by atoms with E-state index in [-0.39, 0.29) is 10.8 Å². The van der Waals surface area contributed by atoms with E-state index in [0.717, 1.165) is 10.0 Å². The molecule has 0 spiro atoms. The fourth-order valence-electron chi connectivity index (χ4n) is 1.41. The normalized spacial score (nSPS) is 11.4. The fraction of sp³-hybridized carbons (Fsp3) is 0.0833. The van der Waals surface area contributed by atoms with Crippen LogP contribution in [0.3, 0.4) is 0 Å². The van der Waals surface area contributed by atoms with Crippen LogP contribution in [0.4, 0.5) is 0 Å². The third-order valence-corrected chi connectivity index (χ3v) is 4.35. The van der Waals surface area contributed by atoms with Crippen molar-refractivity contribution in [3.05, 3.63) is 58.7 Å². The summed E-state index contributed by atoms with van der Waals surface area (Å²) in [6, 6.07) is 12.1. The minimum absolute atomic E-state index is 0.0305. The van der Waals surface area contributed by atoms with E-state index in [2.05, 4.69) is 20.9 Å². The van der Waals surface area contributed by atoms with Crippen LogP contribution in [0.1, 0.15) is 5.56 Å². The lowest BCUT2D eigenvalue weighted by Gasteiger charge is -2.03. The average Bonchev–Trinajstić information content (AvgIpc) is 2.33. The van der Waals surface area contributed by atoms with Crippen molar-refractivity contribution in [3.63, 3.8) is 0 Å². The van der Waals surface area contributed by atoms with Gasteiger partial charge in [0.1, 0.15) is 0 Å². The van der Waals surface area contributed by atoms with E-state index in [4.69, 9.17) is 0 Å². The Morgan fingerprint density at radius 2 is 1.76 bits per heavy atom. The summed E-state index contributed by atoms with van der Waals surface area (Å²) in [6.45, 7) is 0. The molecule has 0 N–H and O–H groups in total. The summed E-state index contributed by atoms with van der Waals surface area (Å²) < 4.78 is 25.0. The van der Waals surface area contributed by atoms with E-state index in [1.807, 2.05) is 12.1 Å². The number of pyridine rings is 1. The molecule has 1 aromatic carbocycles. The van der Waals surface area contributed by atoms with E-state index in [0.29, 0.717) is 0 Å². The summed E-state index contributed by atoms with van der Waals surface area (Å²) in [5, 5.41) is 0.114. The van der Waals surface area contributed by atoms with Crippen LogP contribution in [-0.2, 0) is 15.6 Å². The first-order chi connectivity index (χ1) is 8.08. The second kappa shape index (κ2) is 4.98. The number of sulfone groups is 1. The molecule has 2 aromatic rings. The number of rotatable bonds is 3. The zero-order chi connectivity index (χ0) is 12.3. The van der Waals surface area contributed by atoms with Crippen molar-refractivity contribution in [2.24, 2.45) is 0 Å². The molecule has 1 heterocycles. The minimum atomic E-state index is -3.35. The van der Waals surface area contributed by atoms with Gasteiger partial charge < -0.3 is 0 Å². The SMILES string of the molecule is O=S(=O)(Cc1ccc(Br)cc1)c1ccccn1. The molecule has 0 amide bonds. The Balaban J connectivity index is 2.27. The number of aromatic nitrogens is 1. The third kappa shape index (κ3) is 3.14. The smallest absolute Gasteiger partial charge is 0.199 e. The summed E-state index contributed by atoms with van der Waals surface area (Å²) in [5.74, 6) is -0.0305. The van der Waals surface area contributed by atoms with Gasteiger partial charge in [-0.05, 0) is 29.8 Å². The Kier molecular flexibility index (Phi) is 3.59.